The lowest BCUT2D eigenvalue weighted by Crippen LogP contribution is -2.42. The zero-order valence-corrected chi connectivity index (χ0v) is 9.88. The number of carbonyl (C=O) groups excluding carboxylic acids is 1. The Labute approximate surface area is 97.2 Å². The molecule has 0 aliphatic heterocycles. The second-order valence-electron chi connectivity index (χ2n) is 4.90. The number of rotatable bonds is 1. The van der Waals surface area contributed by atoms with E-state index in [2.05, 4.69) is 13.5 Å². The number of fused-ring (bicyclic) bond motifs is 1. The maximum absolute atomic E-state index is 9.77. The molecular weight excluding hydrogens is 204 g/mol. The first-order chi connectivity index (χ1) is 7.61. The van der Waals surface area contributed by atoms with Gasteiger partial charge in [-0.05, 0) is 43.1 Å². The predicted octanol–water partition coefficient (Wildman–Crippen LogP) is 1.54. The lowest BCUT2D eigenvalue weighted by molar-refractivity contribution is -0.104. The first kappa shape index (κ1) is 13.4. The third kappa shape index (κ3) is 2.92. The lowest BCUT2D eigenvalue weighted by atomic mass is 9.75. The van der Waals surface area contributed by atoms with Crippen molar-refractivity contribution in [3.05, 3.63) is 12.7 Å². The van der Waals surface area contributed by atoms with Crippen molar-refractivity contribution in [3.63, 3.8) is 0 Å². The number of aldehydes is 1. The molecule has 2 N–H and O–H groups in total. The Kier molecular flexibility index (Phi) is 5.16. The summed E-state index contributed by atoms with van der Waals surface area (Å²) in [6, 6.07) is 0. The van der Waals surface area contributed by atoms with Gasteiger partial charge in [0.25, 0.3) is 0 Å². The molecule has 2 rings (SSSR count). The van der Waals surface area contributed by atoms with Crippen molar-refractivity contribution in [1.82, 2.24) is 0 Å². The minimum atomic E-state index is -0.452. The molecule has 5 unspecified atom stereocenters. The van der Waals surface area contributed by atoms with E-state index in [9.17, 15) is 10.2 Å². The van der Waals surface area contributed by atoms with Crippen molar-refractivity contribution in [3.8, 4) is 0 Å². The molecule has 0 spiro atoms. The van der Waals surface area contributed by atoms with Crippen molar-refractivity contribution < 1.29 is 15.0 Å². The summed E-state index contributed by atoms with van der Waals surface area (Å²) >= 11 is 0. The second-order valence-corrected chi connectivity index (χ2v) is 4.90. The van der Waals surface area contributed by atoms with Gasteiger partial charge in [-0.3, -0.25) is 4.79 Å². The molecule has 3 heteroatoms. The average molecular weight is 226 g/mol. The Hall–Kier alpha value is -0.670. The maximum atomic E-state index is 9.77. The van der Waals surface area contributed by atoms with Gasteiger partial charge in [0.1, 0.15) is 6.29 Å². The zero-order valence-electron chi connectivity index (χ0n) is 9.88. The van der Waals surface area contributed by atoms with Crippen molar-refractivity contribution in [2.75, 3.05) is 0 Å². The molecule has 0 aromatic rings. The van der Waals surface area contributed by atoms with Crippen molar-refractivity contribution >= 4 is 6.29 Å². The smallest absolute Gasteiger partial charge is 0.142 e. The molecule has 0 radical (unpaired) electrons. The first-order valence-electron chi connectivity index (χ1n) is 6.04. The second kappa shape index (κ2) is 6.16. The van der Waals surface area contributed by atoms with E-state index in [1.807, 2.05) is 0 Å². The third-order valence-corrected chi connectivity index (χ3v) is 3.91. The SMILES string of the molecule is C=CC=O.CC1CCC2CCC(O)C(O)C12. The molecule has 5 atom stereocenters. The van der Waals surface area contributed by atoms with Gasteiger partial charge in [0, 0.05) is 0 Å². The summed E-state index contributed by atoms with van der Waals surface area (Å²) in [6.45, 7) is 5.31. The number of aliphatic hydroxyl groups is 2. The van der Waals surface area contributed by atoms with Crippen molar-refractivity contribution in [2.45, 2.75) is 44.8 Å². The molecule has 3 nitrogen and oxygen atoms in total. The fraction of sp³-hybridized carbons (Fsp3) is 0.769. The van der Waals surface area contributed by atoms with Crippen LogP contribution in [0.4, 0.5) is 0 Å². The molecule has 2 aliphatic carbocycles. The molecule has 0 saturated heterocycles. The molecule has 0 aromatic heterocycles. The van der Waals surface area contributed by atoms with Crippen LogP contribution < -0.4 is 0 Å². The number of hydrogen-bond donors (Lipinski definition) is 2. The molecule has 0 amide bonds. The lowest BCUT2D eigenvalue weighted by Gasteiger charge is -2.36. The highest BCUT2D eigenvalue weighted by molar-refractivity contribution is 5.63. The highest BCUT2D eigenvalue weighted by Gasteiger charge is 2.43. The van der Waals surface area contributed by atoms with E-state index >= 15 is 0 Å². The highest BCUT2D eigenvalue weighted by atomic mass is 16.3. The minimum Gasteiger partial charge on any atom is -0.390 e. The van der Waals surface area contributed by atoms with Crippen LogP contribution in [0.5, 0.6) is 0 Å². The first-order valence-corrected chi connectivity index (χ1v) is 6.04. The molecule has 2 aliphatic rings. The van der Waals surface area contributed by atoms with Crippen LogP contribution in [0.25, 0.3) is 0 Å². The largest absolute Gasteiger partial charge is 0.390 e. The van der Waals surface area contributed by atoms with Gasteiger partial charge in [0.15, 0.2) is 0 Å². The van der Waals surface area contributed by atoms with Gasteiger partial charge in [0.05, 0.1) is 12.2 Å². The van der Waals surface area contributed by atoms with E-state index < -0.39 is 12.2 Å². The number of aliphatic hydroxyl groups excluding tert-OH is 2. The average Bonchev–Trinajstić information content (AvgIpc) is 2.67. The van der Waals surface area contributed by atoms with Crippen LogP contribution in [0.2, 0.25) is 0 Å². The molecule has 2 saturated carbocycles. The van der Waals surface area contributed by atoms with Crippen LogP contribution in [0.15, 0.2) is 12.7 Å². The van der Waals surface area contributed by atoms with E-state index in [4.69, 9.17) is 4.79 Å². The molecule has 2 fully saturated rings. The van der Waals surface area contributed by atoms with E-state index in [0.29, 0.717) is 24.0 Å². The number of carbonyl (C=O) groups is 1. The monoisotopic (exact) mass is 226 g/mol. The number of hydrogen-bond acceptors (Lipinski definition) is 3. The van der Waals surface area contributed by atoms with Crippen LogP contribution in [0.1, 0.15) is 32.6 Å². The van der Waals surface area contributed by atoms with Crippen LogP contribution in [0.3, 0.4) is 0 Å². The van der Waals surface area contributed by atoms with Crippen molar-refractivity contribution in [1.29, 1.82) is 0 Å². The molecule has 0 bridgehead atoms. The van der Waals surface area contributed by atoms with Gasteiger partial charge >= 0.3 is 0 Å². The van der Waals surface area contributed by atoms with Gasteiger partial charge in [-0.2, -0.15) is 0 Å². The summed E-state index contributed by atoms with van der Waals surface area (Å²) in [5.74, 6) is 1.69. The quantitative estimate of drug-likeness (QED) is 0.526. The van der Waals surface area contributed by atoms with E-state index in [1.165, 1.54) is 18.9 Å². The third-order valence-electron chi connectivity index (χ3n) is 3.91. The maximum Gasteiger partial charge on any atom is 0.142 e. The van der Waals surface area contributed by atoms with Crippen LogP contribution in [-0.2, 0) is 4.79 Å². The topological polar surface area (TPSA) is 57.5 Å². The van der Waals surface area contributed by atoms with Gasteiger partial charge in [-0.25, -0.2) is 0 Å². The number of allylic oxidation sites excluding steroid dienone is 1. The summed E-state index contributed by atoms with van der Waals surface area (Å²) in [7, 11) is 0. The Bertz CT molecular complexity index is 233. The predicted molar refractivity (Wildman–Crippen MR) is 62.9 cm³/mol. The Balaban J connectivity index is 0.000000280. The normalized spacial score (nSPS) is 41.6. The van der Waals surface area contributed by atoms with Gasteiger partial charge in [-0.1, -0.05) is 19.9 Å². The van der Waals surface area contributed by atoms with Crippen molar-refractivity contribution in [2.24, 2.45) is 17.8 Å². The highest BCUT2D eigenvalue weighted by Crippen LogP contribution is 2.45. The van der Waals surface area contributed by atoms with Gasteiger partial charge < -0.3 is 10.2 Å². The molecule has 0 heterocycles. The van der Waals surface area contributed by atoms with Gasteiger partial charge in [-0.15, -0.1) is 0 Å². The van der Waals surface area contributed by atoms with E-state index in [0.717, 1.165) is 12.8 Å². The molecule has 0 aromatic carbocycles. The van der Waals surface area contributed by atoms with Gasteiger partial charge in [0.2, 0.25) is 0 Å². The summed E-state index contributed by atoms with van der Waals surface area (Å²) < 4.78 is 0. The zero-order chi connectivity index (χ0) is 12.1. The van der Waals surface area contributed by atoms with Crippen LogP contribution >= 0.6 is 0 Å². The van der Waals surface area contributed by atoms with Crippen LogP contribution in [0, 0.1) is 17.8 Å². The standard InChI is InChI=1S/C10H18O2.C3H4O/c1-6-2-3-7-4-5-8(11)10(12)9(6)7;1-2-3-4/h6-12H,2-5H2,1H3;2-3H,1H2. The fourth-order valence-corrected chi connectivity index (χ4v) is 3.09. The molecular formula is C13H22O3. The Morgan fingerprint density at radius 1 is 1.19 bits per heavy atom. The summed E-state index contributed by atoms with van der Waals surface area (Å²) in [4.78, 5) is 9.06. The summed E-state index contributed by atoms with van der Waals surface area (Å²) in [5, 5.41) is 19.3. The van der Waals surface area contributed by atoms with E-state index in [-0.39, 0.29) is 0 Å². The van der Waals surface area contributed by atoms with Crippen LogP contribution in [-0.4, -0.2) is 28.7 Å². The Morgan fingerprint density at radius 3 is 2.31 bits per heavy atom. The van der Waals surface area contributed by atoms with E-state index in [1.54, 1.807) is 0 Å². The fourth-order valence-electron chi connectivity index (χ4n) is 3.09. The molecule has 92 valence electrons. The Morgan fingerprint density at radius 2 is 1.75 bits per heavy atom. The minimum absolute atomic E-state index is 0.383. The summed E-state index contributed by atoms with van der Waals surface area (Å²) in [6.07, 6.45) is 5.35. The molecule has 16 heavy (non-hydrogen) atoms. The summed E-state index contributed by atoms with van der Waals surface area (Å²) in [5.41, 5.74) is 0.